The van der Waals surface area contributed by atoms with Crippen LogP contribution in [-0.2, 0) is 4.79 Å². The SMILES string of the molecule is CC1=NN(c2ccc(C)cc2C)C(=O)C1CCCN. The molecule has 19 heavy (non-hydrogen) atoms. The Morgan fingerprint density at radius 2 is 2.05 bits per heavy atom. The standard InChI is InChI=1S/C15H21N3O/c1-10-6-7-14(11(2)9-10)18-15(19)13(5-4-8-16)12(3)17-18/h6-7,9,13H,4-5,8,16H2,1-3H3. The molecule has 0 radical (unpaired) electrons. The van der Waals surface area contributed by atoms with Gasteiger partial charge in [0.25, 0.3) is 5.91 Å². The van der Waals surface area contributed by atoms with Gasteiger partial charge in [-0.15, -0.1) is 0 Å². The molecule has 0 aliphatic carbocycles. The number of nitrogens with two attached hydrogens (primary N) is 1. The van der Waals surface area contributed by atoms with Crippen molar-refractivity contribution in [3.63, 3.8) is 0 Å². The molecule has 1 heterocycles. The van der Waals surface area contributed by atoms with Crippen molar-refractivity contribution in [2.24, 2.45) is 16.8 Å². The number of hydrazone groups is 1. The lowest BCUT2D eigenvalue weighted by Gasteiger charge is -2.16. The van der Waals surface area contributed by atoms with Crippen molar-refractivity contribution in [1.29, 1.82) is 0 Å². The van der Waals surface area contributed by atoms with Gasteiger partial charge in [-0.2, -0.15) is 10.1 Å². The van der Waals surface area contributed by atoms with Crippen LogP contribution in [0.1, 0.15) is 30.9 Å². The zero-order valence-electron chi connectivity index (χ0n) is 11.8. The van der Waals surface area contributed by atoms with Gasteiger partial charge in [0, 0.05) is 5.71 Å². The summed E-state index contributed by atoms with van der Waals surface area (Å²) in [4.78, 5) is 12.4. The summed E-state index contributed by atoms with van der Waals surface area (Å²) in [6.45, 7) is 6.58. The highest BCUT2D eigenvalue weighted by Gasteiger charge is 2.34. The molecular weight excluding hydrogens is 238 g/mol. The van der Waals surface area contributed by atoms with E-state index in [0.717, 1.165) is 29.8 Å². The maximum Gasteiger partial charge on any atom is 0.256 e. The van der Waals surface area contributed by atoms with Crippen LogP contribution in [0, 0.1) is 19.8 Å². The van der Waals surface area contributed by atoms with Crippen LogP contribution >= 0.6 is 0 Å². The van der Waals surface area contributed by atoms with Crippen molar-refractivity contribution in [3.8, 4) is 0 Å². The van der Waals surface area contributed by atoms with E-state index in [1.807, 2.05) is 32.9 Å². The normalized spacial score (nSPS) is 18.9. The highest BCUT2D eigenvalue weighted by atomic mass is 16.2. The Bertz CT molecular complexity index is 522. The molecule has 0 saturated carbocycles. The van der Waals surface area contributed by atoms with E-state index in [4.69, 9.17) is 5.73 Å². The van der Waals surface area contributed by atoms with E-state index >= 15 is 0 Å². The second kappa shape index (κ2) is 5.53. The van der Waals surface area contributed by atoms with Crippen LogP contribution in [0.25, 0.3) is 0 Å². The molecule has 4 heteroatoms. The minimum atomic E-state index is -0.107. The van der Waals surface area contributed by atoms with Gasteiger partial charge in [0.05, 0.1) is 11.6 Å². The summed E-state index contributed by atoms with van der Waals surface area (Å²) in [5.41, 5.74) is 9.55. The molecule has 0 aromatic heterocycles. The Kier molecular flexibility index (Phi) is 4.00. The van der Waals surface area contributed by atoms with Crippen molar-refractivity contribution in [2.45, 2.75) is 33.6 Å². The largest absolute Gasteiger partial charge is 0.330 e. The number of carbonyl (C=O) groups excluding carboxylic acids is 1. The summed E-state index contributed by atoms with van der Waals surface area (Å²) in [6.07, 6.45) is 1.63. The topological polar surface area (TPSA) is 58.7 Å². The molecular formula is C15H21N3O. The average Bonchev–Trinajstić information content (AvgIpc) is 2.63. The minimum absolute atomic E-state index is 0.0675. The number of anilines is 1. The molecule has 1 aromatic rings. The highest BCUT2D eigenvalue weighted by Crippen LogP contribution is 2.29. The van der Waals surface area contributed by atoms with E-state index in [9.17, 15) is 4.79 Å². The Morgan fingerprint density at radius 1 is 1.32 bits per heavy atom. The van der Waals surface area contributed by atoms with Gasteiger partial charge in [-0.25, -0.2) is 0 Å². The summed E-state index contributed by atoms with van der Waals surface area (Å²) in [5.74, 6) is -0.0397. The molecule has 0 bridgehead atoms. The van der Waals surface area contributed by atoms with Crippen LogP contribution in [0.5, 0.6) is 0 Å². The van der Waals surface area contributed by atoms with Crippen LogP contribution in [0.15, 0.2) is 23.3 Å². The first-order valence-electron chi connectivity index (χ1n) is 6.71. The lowest BCUT2D eigenvalue weighted by atomic mass is 9.98. The number of aryl methyl sites for hydroxylation is 2. The van der Waals surface area contributed by atoms with Crippen LogP contribution in [0.3, 0.4) is 0 Å². The van der Waals surface area contributed by atoms with E-state index in [1.165, 1.54) is 5.56 Å². The lowest BCUT2D eigenvalue weighted by Crippen LogP contribution is -2.28. The second-order valence-corrected chi connectivity index (χ2v) is 5.16. The minimum Gasteiger partial charge on any atom is -0.330 e. The van der Waals surface area contributed by atoms with Gasteiger partial charge >= 0.3 is 0 Å². The molecule has 2 N–H and O–H groups in total. The molecule has 1 atom stereocenters. The van der Waals surface area contributed by atoms with Crippen molar-refractivity contribution in [2.75, 3.05) is 11.6 Å². The molecule has 4 nitrogen and oxygen atoms in total. The molecule has 0 fully saturated rings. The smallest absolute Gasteiger partial charge is 0.256 e. The first-order valence-corrected chi connectivity index (χ1v) is 6.71. The van der Waals surface area contributed by atoms with E-state index in [-0.39, 0.29) is 11.8 Å². The molecule has 102 valence electrons. The summed E-state index contributed by atoms with van der Waals surface area (Å²) in [7, 11) is 0. The second-order valence-electron chi connectivity index (χ2n) is 5.16. The fourth-order valence-corrected chi connectivity index (χ4v) is 2.47. The van der Waals surface area contributed by atoms with Gasteiger partial charge in [-0.05, 0) is 51.8 Å². The third-order valence-corrected chi connectivity index (χ3v) is 3.55. The first kappa shape index (κ1) is 13.7. The van der Waals surface area contributed by atoms with Gasteiger partial charge < -0.3 is 5.73 Å². The average molecular weight is 259 g/mol. The molecule has 0 saturated heterocycles. The monoisotopic (exact) mass is 259 g/mol. The summed E-state index contributed by atoms with van der Waals surface area (Å²) >= 11 is 0. The Balaban J connectivity index is 2.25. The molecule has 1 amide bonds. The molecule has 1 aromatic carbocycles. The highest BCUT2D eigenvalue weighted by molar-refractivity contribution is 6.14. The zero-order valence-corrected chi connectivity index (χ0v) is 11.8. The quantitative estimate of drug-likeness (QED) is 0.902. The lowest BCUT2D eigenvalue weighted by molar-refractivity contribution is -0.119. The number of rotatable bonds is 4. The Hall–Kier alpha value is -1.68. The fourth-order valence-electron chi connectivity index (χ4n) is 2.47. The van der Waals surface area contributed by atoms with E-state index < -0.39 is 0 Å². The predicted molar refractivity (Wildman–Crippen MR) is 78.3 cm³/mol. The molecule has 1 unspecified atom stereocenters. The van der Waals surface area contributed by atoms with E-state index in [0.29, 0.717) is 6.54 Å². The third-order valence-electron chi connectivity index (χ3n) is 3.55. The molecule has 1 aliphatic heterocycles. The van der Waals surface area contributed by atoms with Gasteiger partial charge in [0.15, 0.2) is 0 Å². The zero-order chi connectivity index (χ0) is 14.0. The predicted octanol–water partition coefficient (Wildman–Crippen LogP) is 2.38. The summed E-state index contributed by atoms with van der Waals surface area (Å²) in [5, 5.41) is 5.97. The Labute approximate surface area is 114 Å². The number of hydrogen-bond acceptors (Lipinski definition) is 3. The van der Waals surface area contributed by atoms with Gasteiger partial charge in [-0.3, -0.25) is 4.79 Å². The fraction of sp³-hybridized carbons (Fsp3) is 0.467. The number of benzene rings is 1. The summed E-state index contributed by atoms with van der Waals surface area (Å²) < 4.78 is 0. The molecule has 1 aliphatic rings. The number of amides is 1. The third kappa shape index (κ3) is 2.68. The first-order chi connectivity index (χ1) is 9.04. The number of nitrogens with zero attached hydrogens (tertiary/aromatic N) is 2. The van der Waals surface area contributed by atoms with E-state index in [1.54, 1.807) is 5.01 Å². The molecule has 0 spiro atoms. The van der Waals surface area contributed by atoms with E-state index in [2.05, 4.69) is 11.2 Å². The van der Waals surface area contributed by atoms with Crippen molar-refractivity contribution in [1.82, 2.24) is 0 Å². The van der Waals surface area contributed by atoms with Crippen molar-refractivity contribution >= 4 is 17.3 Å². The van der Waals surface area contributed by atoms with Gasteiger partial charge in [-0.1, -0.05) is 17.7 Å². The van der Waals surface area contributed by atoms with Crippen LogP contribution in [0.4, 0.5) is 5.69 Å². The van der Waals surface area contributed by atoms with Crippen LogP contribution < -0.4 is 10.7 Å². The summed E-state index contributed by atoms with van der Waals surface area (Å²) in [6, 6.07) is 6.04. The van der Waals surface area contributed by atoms with Crippen molar-refractivity contribution in [3.05, 3.63) is 29.3 Å². The van der Waals surface area contributed by atoms with Crippen LogP contribution in [-0.4, -0.2) is 18.2 Å². The number of carbonyl (C=O) groups is 1. The Morgan fingerprint density at radius 3 is 2.68 bits per heavy atom. The van der Waals surface area contributed by atoms with Gasteiger partial charge in [0.1, 0.15) is 0 Å². The van der Waals surface area contributed by atoms with Crippen LogP contribution in [0.2, 0.25) is 0 Å². The maximum absolute atomic E-state index is 12.4. The molecule has 2 rings (SSSR count). The maximum atomic E-state index is 12.4. The number of hydrogen-bond donors (Lipinski definition) is 1. The van der Waals surface area contributed by atoms with Crippen molar-refractivity contribution < 1.29 is 4.79 Å². The van der Waals surface area contributed by atoms with Gasteiger partial charge in [0.2, 0.25) is 0 Å².